The van der Waals surface area contributed by atoms with Gasteiger partial charge >= 0.3 is 11.9 Å². The molecular weight excluding hydrogens is 440 g/mol. The smallest absolute Gasteiger partial charge is 0.339 e. The molecule has 11 heteroatoms. The van der Waals surface area contributed by atoms with E-state index < -0.39 is 26.9 Å². The van der Waals surface area contributed by atoms with Gasteiger partial charge in [-0.1, -0.05) is 12.1 Å². The lowest BCUT2D eigenvalue weighted by Gasteiger charge is -2.27. The molecule has 3 rings (SSSR count). The number of hydrogen-bond donors (Lipinski definition) is 1. The fourth-order valence-corrected chi connectivity index (χ4v) is 4.46. The third-order valence-corrected chi connectivity index (χ3v) is 6.20. The van der Waals surface area contributed by atoms with Crippen LogP contribution < -0.4 is 4.72 Å². The van der Waals surface area contributed by atoms with Crippen LogP contribution in [0.4, 0.5) is 5.69 Å². The van der Waals surface area contributed by atoms with Crippen molar-refractivity contribution >= 4 is 33.6 Å². The minimum absolute atomic E-state index is 0.0308. The maximum atomic E-state index is 13.2. The van der Waals surface area contributed by atoms with Gasteiger partial charge in [0, 0.05) is 13.1 Å². The summed E-state index contributed by atoms with van der Waals surface area (Å²) in [5.74, 6) is -2.04. The summed E-state index contributed by atoms with van der Waals surface area (Å²) in [4.78, 5) is 38.1. The number of ether oxygens (including phenoxy) is 3. The van der Waals surface area contributed by atoms with E-state index in [1.165, 1.54) is 18.2 Å². The van der Waals surface area contributed by atoms with Gasteiger partial charge in [-0.15, -0.1) is 0 Å². The Morgan fingerprint density at radius 3 is 2.25 bits per heavy atom. The van der Waals surface area contributed by atoms with Crippen molar-refractivity contribution in [3.8, 4) is 0 Å². The van der Waals surface area contributed by atoms with Crippen LogP contribution in [0, 0.1) is 0 Å². The van der Waals surface area contributed by atoms with E-state index >= 15 is 0 Å². The highest BCUT2D eigenvalue weighted by molar-refractivity contribution is 7.92. The Morgan fingerprint density at radius 1 is 0.938 bits per heavy atom. The highest BCUT2D eigenvalue weighted by atomic mass is 32.2. The number of anilines is 1. The lowest BCUT2D eigenvalue weighted by molar-refractivity contribution is 0.0303. The van der Waals surface area contributed by atoms with Crippen molar-refractivity contribution in [3.63, 3.8) is 0 Å². The Morgan fingerprint density at radius 2 is 1.59 bits per heavy atom. The van der Waals surface area contributed by atoms with Crippen LogP contribution in [0.1, 0.15) is 31.1 Å². The number of carbonyl (C=O) groups is 3. The average molecular weight is 462 g/mol. The van der Waals surface area contributed by atoms with Gasteiger partial charge in [0.25, 0.3) is 15.9 Å². The number of esters is 2. The molecule has 1 aliphatic heterocycles. The van der Waals surface area contributed by atoms with E-state index in [2.05, 4.69) is 14.2 Å². The minimum Gasteiger partial charge on any atom is -0.465 e. The van der Waals surface area contributed by atoms with Crippen LogP contribution in [-0.2, 0) is 24.2 Å². The highest BCUT2D eigenvalue weighted by Crippen LogP contribution is 2.25. The summed E-state index contributed by atoms with van der Waals surface area (Å²) in [5, 5.41) is 0. The second-order valence-corrected chi connectivity index (χ2v) is 8.40. The lowest BCUT2D eigenvalue weighted by atomic mass is 10.1. The number of nitrogens with zero attached hydrogens (tertiary/aromatic N) is 1. The van der Waals surface area contributed by atoms with Crippen LogP contribution >= 0.6 is 0 Å². The number of morpholine rings is 1. The molecule has 1 amide bonds. The number of para-hydroxylation sites is 1. The molecule has 2 aromatic carbocycles. The molecule has 1 saturated heterocycles. The van der Waals surface area contributed by atoms with Crippen molar-refractivity contribution in [1.29, 1.82) is 0 Å². The third kappa shape index (κ3) is 4.89. The molecule has 32 heavy (non-hydrogen) atoms. The van der Waals surface area contributed by atoms with Gasteiger partial charge in [-0.3, -0.25) is 9.52 Å². The van der Waals surface area contributed by atoms with Gasteiger partial charge in [0.2, 0.25) is 0 Å². The zero-order chi connectivity index (χ0) is 23.3. The van der Waals surface area contributed by atoms with Crippen molar-refractivity contribution in [3.05, 3.63) is 59.2 Å². The average Bonchev–Trinajstić information content (AvgIpc) is 2.82. The number of methoxy groups -OCH3 is 2. The zero-order valence-corrected chi connectivity index (χ0v) is 18.3. The van der Waals surface area contributed by atoms with Crippen molar-refractivity contribution in [1.82, 2.24) is 4.90 Å². The van der Waals surface area contributed by atoms with Gasteiger partial charge in [-0.25, -0.2) is 18.0 Å². The molecule has 1 aliphatic rings. The Kier molecular flexibility index (Phi) is 7.11. The summed E-state index contributed by atoms with van der Waals surface area (Å²) in [6.07, 6.45) is 0. The van der Waals surface area contributed by atoms with E-state index in [1.54, 1.807) is 17.0 Å². The molecule has 10 nitrogen and oxygen atoms in total. The molecule has 0 aromatic heterocycles. The zero-order valence-electron chi connectivity index (χ0n) is 17.5. The van der Waals surface area contributed by atoms with Crippen LogP contribution in [0.5, 0.6) is 0 Å². The molecule has 0 bridgehead atoms. The Labute approximate surface area is 185 Å². The summed E-state index contributed by atoms with van der Waals surface area (Å²) in [6, 6.07) is 9.56. The number of carbonyl (C=O) groups excluding carboxylic acids is 3. The van der Waals surface area contributed by atoms with Gasteiger partial charge in [0.1, 0.15) is 4.90 Å². The maximum Gasteiger partial charge on any atom is 0.339 e. The van der Waals surface area contributed by atoms with E-state index in [-0.39, 0.29) is 28.3 Å². The van der Waals surface area contributed by atoms with E-state index in [1.807, 2.05) is 0 Å². The lowest BCUT2D eigenvalue weighted by Crippen LogP contribution is -2.41. The highest BCUT2D eigenvalue weighted by Gasteiger charge is 2.28. The molecule has 1 fully saturated rings. The standard InChI is InChI=1S/C21H22N2O8S/c1-29-20(25)14-7-8-16(21(26)30-2)18(13-14)32(27,28)22-17-6-4-3-5-15(17)19(24)23-9-11-31-12-10-23/h3-8,13,22H,9-12H2,1-2H3. The van der Waals surface area contributed by atoms with Gasteiger partial charge in [0.05, 0.1) is 49.8 Å². The molecule has 2 aromatic rings. The van der Waals surface area contributed by atoms with Gasteiger partial charge in [0.15, 0.2) is 0 Å². The summed E-state index contributed by atoms with van der Waals surface area (Å²) < 4.78 is 43.4. The minimum atomic E-state index is -4.40. The predicted molar refractivity (Wildman–Crippen MR) is 113 cm³/mol. The Hall–Kier alpha value is -3.44. The van der Waals surface area contributed by atoms with E-state index in [0.717, 1.165) is 26.4 Å². The number of amides is 1. The van der Waals surface area contributed by atoms with Crippen LogP contribution in [0.3, 0.4) is 0 Å². The number of hydrogen-bond acceptors (Lipinski definition) is 8. The molecule has 1 N–H and O–H groups in total. The molecule has 0 radical (unpaired) electrons. The first-order chi connectivity index (χ1) is 15.3. The van der Waals surface area contributed by atoms with E-state index in [9.17, 15) is 22.8 Å². The number of rotatable bonds is 6. The first-order valence-electron chi connectivity index (χ1n) is 9.58. The Balaban J connectivity index is 2.02. The number of nitrogens with one attached hydrogen (secondary N) is 1. The third-order valence-electron chi connectivity index (χ3n) is 4.80. The summed E-state index contributed by atoms with van der Waals surface area (Å²) >= 11 is 0. The van der Waals surface area contributed by atoms with Crippen LogP contribution in [0.2, 0.25) is 0 Å². The van der Waals surface area contributed by atoms with E-state index in [4.69, 9.17) is 4.74 Å². The molecule has 0 atom stereocenters. The largest absolute Gasteiger partial charge is 0.465 e. The van der Waals surface area contributed by atoms with Crippen molar-refractivity contribution in [2.24, 2.45) is 0 Å². The maximum absolute atomic E-state index is 13.2. The SMILES string of the molecule is COC(=O)c1ccc(C(=O)OC)c(S(=O)(=O)Nc2ccccc2C(=O)N2CCOCC2)c1. The summed E-state index contributed by atoms with van der Waals surface area (Å²) in [7, 11) is -2.15. The molecule has 0 spiro atoms. The van der Waals surface area contributed by atoms with Crippen molar-refractivity contribution in [2.75, 3.05) is 45.2 Å². The second-order valence-electron chi connectivity index (χ2n) is 6.75. The summed E-state index contributed by atoms with van der Waals surface area (Å²) in [5.41, 5.74) is -0.173. The molecule has 0 saturated carbocycles. The second kappa shape index (κ2) is 9.79. The molecule has 170 valence electrons. The van der Waals surface area contributed by atoms with Crippen LogP contribution in [0.15, 0.2) is 47.4 Å². The van der Waals surface area contributed by atoms with Crippen LogP contribution in [0.25, 0.3) is 0 Å². The normalized spacial score (nSPS) is 13.9. The van der Waals surface area contributed by atoms with Crippen LogP contribution in [-0.4, -0.2) is 71.7 Å². The molecule has 0 aliphatic carbocycles. The predicted octanol–water partition coefficient (Wildman–Crippen LogP) is 1.53. The Bertz CT molecular complexity index is 1140. The summed E-state index contributed by atoms with van der Waals surface area (Å²) in [6.45, 7) is 1.55. The molecular formula is C21H22N2O8S. The van der Waals surface area contributed by atoms with Gasteiger partial charge < -0.3 is 19.1 Å². The number of benzene rings is 2. The first-order valence-corrected chi connectivity index (χ1v) is 11.1. The monoisotopic (exact) mass is 462 g/mol. The van der Waals surface area contributed by atoms with Gasteiger partial charge in [-0.05, 0) is 30.3 Å². The fraction of sp³-hybridized carbons (Fsp3) is 0.286. The van der Waals surface area contributed by atoms with Gasteiger partial charge in [-0.2, -0.15) is 0 Å². The molecule has 1 heterocycles. The topological polar surface area (TPSA) is 128 Å². The number of sulfonamides is 1. The van der Waals surface area contributed by atoms with E-state index in [0.29, 0.717) is 26.3 Å². The fourth-order valence-electron chi connectivity index (χ4n) is 3.16. The van der Waals surface area contributed by atoms with Crippen molar-refractivity contribution in [2.45, 2.75) is 4.90 Å². The van der Waals surface area contributed by atoms with Crippen molar-refractivity contribution < 1.29 is 37.0 Å². The first kappa shape index (κ1) is 23.2. The quantitative estimate of drug-likeness (QED) is 0.640. The molecule has 0 unspecified atom stereocenters.